The van der Waals surface area contributed by atoms with E-state index >= 15 is 0 Å². The Morgan fingerprint density at radius 2 is 1.82 bits per heavy atom. The van der Waals surface area contributed by atoms with Gasteiger partial charge in [0.2, 0.25) is 12.7 Å². The van der Waals surface area contributed by atoms with Crippen LogP contribution in [0, 0.1) is 0 Å². The number of carbonyl (C=O) groups excluding carboxylic acids is 2. The molecule has 2 heterocycles. The van der Waals surface area contributed by atoms with Crippen LogP contribution < -0.4 is 20.3 Å². The molecule has 1 amide bonds. The van der Waals surface area contributed by atoms with Crippen LogP contribution in [0.1, 0.15) is 68.3 Å². The third kappa shape index (κ3) is 6.62. The summed E-state index contributed by atoms with van der Waals surface area (Å²) in [4.78, 5) is 39.7. The normalized spacial score (nSPS) is 13.5. The van der Waals surface area contributed by atoms with Gasteiger partial charge in [0.15, 0.2) is 11.5 Å². The molecule has 200 valence electrons. The third-order valence-corrected chi connectivity index (χ3v) is 6.55. The molecule has 8 nitrogen and oxygen atoms in total. The zero-order chi connectivity index (χ0) is 26.9. The number of ether oxygens (including phenoxy) is 3. The van der Waals surface area contributed by atoms with Gasteiger partial charge in [-0.3, -0.25) is 14.4 Å². The topological polar surface area (TPSA) is 95.9 Å². The average Bonchev–Trinajstić information content (AvgIpc) is 3.39. The molecule has 8 heteroatoms. The molecule has 3 aromatic rings. The Balaban J connectivity index is 1.62. The number of benzene rings is 2. The minimum Gasteiger partial charge on any atom is -0.466 e. The number of nitrogens with zero attached hydrogens (tertiary/aromatic N) is 1. The lowest BCUT2D eigenvalue weighted by Gasteiger charge is -2.24. The minimum atomic E-state index is -0.725. The number of aromatic nitrogens is 1. The van der Waals surface area contributed by atoms with Gasteiger partial charge in [-0.05, 0) is 42.7 Å². The highest BCUT2D eigenvalue weighted by Gasteiger charge is 2.28. The van der Waals surface area contributed by atoms with E-state index in [0.29, 0.717) is 35.5 Å². The van der Waals surface area contributed by atoms with Crippen molar-refractivity contribution in [2.24, 2.45) is 0 Å². The number of nitrogens with one attached hydrogen (secondary N) is 1. The van der Waals surface area contributed by atoms with E-state index < -0.39 is 18.1 Å². The molecular weight excluding hydrogens is 484 g/mol. The molecule has 0 saturated carbocycles. The molecule has 0 saturated heterocycles. The largest absolute Gasteiger partial charge is 0.466 e. The van der Waals surface area contributed by atoms with Gasteiger partial charge in [0.25, 0.3) is 5.56 Å². The van der Waals surface area contributed by atoms with Gasteiger partial charge in [-0.25, -0.2) is 0 Å². The maximum atomic E-state index is 13.7. The second kappa shape index (κ2) is 12.9. The number of pyridine rings is 1. The van der Waals surface area contributed by atoms with Crippen LogP contribution in [0.2, 0.25) is 0 Å². The number of unbranched alkanes of at least 4 members (excludes halogenated alkanes) is 1. The first-order valence-electron chi connectivity index (χ1n) is 13.1. The molecule has 1 N–H and O–H groups in total. The number of fused-ring (bicyclic) bond motifs is 1. The smallest absolute Gasteiger partial charge is 0.308 e. The molecule has 2 unspecified atom stereocenters. The molecule has 38 heavy (non-hydrogen) atoms. The summed E-state index contributed by atoms with van der Waals surface area (Å²) in [5, 5.41) is 3.02. The highest BCUT2D eigenvalue weighted by molar-refractivity contribution is 5.82. The van der Waals surface area contributed by atoms with Crippen molar-refractivity contribution in [2.45, 2.75) is 58.0 Å². The summed E-state index contributed by atoms with van der Waals surface area (Å²) in [7, 11) is 0. The van der Waals surface area contributed by atoms with Crippen LogP contribution in [0.4, 0.5) is 0 Å². The Hall–Kier alpha value is -4.07. The standard InChI is InChI=1S/C30H34N2O6/c1-3-5-13-25(32-16-9-12-23(30(32)35)17-21-10-7-6-8-11-21)29(34)31-24(19-28(33)36-4-2)22-14-15-26-27(18-22)38-20-37-26/h6-12,14-16,18,24-25H,3-5,13,17,19-20H2,1-2H3,(H,31,34). The molecule has 2 aromatic carbocycles. The summed E-state index contributed by atoms with van der Waals surface area (Å²) in [5.74, 6) is 0.405. The first-order valence-corrected chi connectivity index (χ1v) is 13.1. The average molecular weight is 519 g/mol. The summed E-state index contributed by atoms with van der Waals surface area (Å²) >= 11 is 0. The van der Waals surface area contributed by atoms with Gasteiger partial charge in [-0.2, -0.15) is 0 Å². The van der Waals surface area contributed by atoms with Gasteiger partial charge in [-0.15, -0.1) is 0 Å². The van der Waals surface area contributed by atoms with Gasteiger partial charge < -0.3 is 24.1 Å². The van der Waals surface area contributed by atoms with E-state index in [1.54, 1.807) is 43.5 Å². The maximum Gasteiger partial charge on any atom is 0.308 e. The molecule has 0 bridgehead atoms. The summed E-state index contributed by atoms with van der Waals surface area (Å²) in [6, 6.07) is 17.3. The van der Waals surface area contributed by atoms with Crippen LogP contribution in [0.5, 0.6) is 11.5 Å². The van der Waals surface area contributed by atoms with Crippen molar-refractivity contribution in [1.29, 1.82) is 0 Å². The SMILES string of the molecule is CCCCC(C(=O)NC(CC(=O)OCC)c1ccc2c(c1)OCO2)n1cccc(Cc2ccccc2)c1=O. The first-order chi connectivity index (χ1) is 18.5. The lowest BCUT2D eigenvalue weighted by molar-refractivity contribution is -0.143. The highest BCUT2D eigenvalue weighted by Crippen LogP contribution is 2.35. The number of amides is 1. The molecule has 1 aliphatic rings. The summed E-state index contributed by atoms with van der Waals surface area (Å²) < 4.78 is 17.6. The summed E-state index contributed by atoms with van der Waals surface area (Å²) in [5.41, 5.74) is 2.13. The molecule has 0 spiro atoms. The number of carbonyl (C=O) groups is 2. The van der Waals surface area contributed by atoms with Crippen molar-refractivity contribution in [3.05, 3.63) is 93.9 Å². The van der Waals surface area contributed by atoms with Crippen molar-refractivity contribution in [3.8, 4) is 11.5 Å². The quantitative estimate of drug-likeness (QED) is 0.349. The van der Waals surface area contributed by atoms with E-state index in [2.05, 4.69) is 5.32 Å². The van der Waals surface area contributed by atoms with Crippen molar-refractivity contribution >= 4 is 11.9 Å². The molecule has 0 radical (unpaired) electrons. The van der Waals surface area contributed by atoms with Crippen LogP contribution in [-0.2, 0) is 20.7 Å². The fourth-order valence-electron chi connectivity index (χ4n) is 4.58. The van der Waals surface area contributed by atoms with Gasteiger partial charge in [0.1, 0.15) is 6.04 Å². The monoisotopic (exact) mass is 518 g/mol. The Morgan fingerprint density at radius 3 is 2.58 bits per heavy atom. The van der Waals surface area contributed by atoms with E-state index in [1.807, 2.05) is 37.3 Å². The highest BCUT2D eigenvalue weighted by atomic mass is 16.7. The van der Waals surface area contributed by atoms with E-state index in [9.17, 15) is 14.4 Å². The first kappa shape index (κ1) is 27.0. The van der Waals surface area contributed by atoms with Gasteiger partial charge in [0, 0.05) is 18.2 Å². The predicted octanol–water partition coefficient (Wildman–Crippen LogP) is 4.71. The maximum absolute atomic E-state index is 13.7. The van der Waals surface area contributed by atoms with Crippen LogP contribution in [0.15, 0.2) is 71.7 Å². The molecule has 1 aliphatic heterocycles. The Morgan fingerprint density at radius 1 is 1.03 bits per heavy atom. The van der Waals surface area contributed by atoms with Crippen LogP contribution in [-0.4, -0.2) is 29.8 Å². The summed E-state index contributed by atoms with van der Waals surface area (Å²) in [6.07, 6.45) is 4.21. The van der Waals surface area contributed by atoms with E-state index in [4.69, 9.17) is 14.2 Å². The Labute approximate surface area is 222 Å². The van der Waals surface area contributed by atoms with Gasteiger partial charge >= 0.3 is 5.97 Å². The van der Waals surface area contributed by atoms with E-state index in [1.165, 1.54) is 4.57 Å². The molecule has 0 fully saturated rings. The molecular formula is C30H34N2O6. The predicted molar refractivity (Wildman–Crippen MR) is 143 cm³/mol. The molecule has 0 aliphatic carbocycles. The number of rotatable bonds is 12. The number of esters is 1. The molecule has 2 atom stereocenters. The molecule has 4 rings (SSSR count). The zero-order valence-electron chi connectivity index (χ0n) is 21.9. The van der Waals surface area contributed by atoms with Gasteiger partial charge in [0.05, 0.1) is 19.1 Å². The van der Waals surface area contributed by atoms with Crippen molar-refractivity contribution < 1.29 is 23.8 Å². The summed E-state index contributed by atoms with van der Waals surface area (Å²) in [6.45, 7) is 4.14. The zero-order valence-corrected chi connectivity index (χ0v) is 21.9. The van der Waals surface area contributed by atoms with E-state index in [-0.39, 0.29) is 31.3 Å². The number of hydrogen-bond acceptors (Lipinski definition) is 6. The van der Waals surface area contributed by atoms with Crippen LogP contribution in [0.25, 0.3) is 0 Å². The minimum absolute atomic E-state index is 0.0529. The number of hydrogen-bond donors (Lipinski definition) is 1. The van der Waals surface area contributed by atoms with Crippen LogP contribution >= 0.6 is 0 Å². The Bertz CT molecular complexity index is 1300. The fraction of sp³-hybridized carbons (Fsp3) is 0.367. The van der Waals surface area contributed by atoms with Crippen molar-refractivity contribution in [3.63, 3.8) is 0 Å². The molecule has 1 aromatic heterocycles. The fourth-order valence-corrected chi connectivity index (χ4v) is 4.58. The second-order valence-electron chi connectivity index (χ2n) is 9.25. The Kier molecular flexibility index (Phi) is 9.19. The lowest BCUT2D eigenvalue weighted by atomic mass is 10.0. The van der Waals surface area contributed by atoms with Crippen LogP contribution in [0.3, 0.4) is 0 Å². The lowest BCUT2D eigenvalue weighted by Crippen LogP contribution is -2.40. The second-order valence-corrected chi connectivity index (χ2v) is 9.25. The van der Waals surface area contributed by atoms with Crippen molar-refractivity contribution in [2.75, 3.05) is 13.4 Å². The third-order valence-electron chi connectivity index (χ3n) is 6.55. The van der Waals surface area contributed by atoms with Crippen molar-refractivity contribution in [1.82, 2.24) is 9.88 Å². The van der Waals surface area contributed by atoms with E-state index in [0.717, 1.165) is 18.4 Å². The van der Waals surface area contributed by atoms with Gasteiger partial charge in [-0.1, -0.05) is 62.2 Å².